The van der Waals surface area contributed by atoms with Crippen LogP contribution in [0.1, 0.15) is 56.9 Å². The lowest BCUT2D eigenvalue weighted by atomic mass is 9.94. The van der Waals surface area contributed by atoms with Crippen LogP contribution in [0.3, 0.4) is 0 Å². The van der Waals surface area contributed by atoms with Gasteiger partial charge in [0.2, 0.25) is 0 Å². The van der Waals surface area contributed by atoms with Gasteiger partial charge in [0.1, 0.15) is 29.8 Å². The number of fused-ring (bicyclic) bond motifs is 7. The molecule has 11 nitrogen and oxygen atoms in total. The van der Waals surface area contributed by atoms with E-state index in [2.05, 4.69) is 25.4 Å². The third-order valence-corrected chi connectivity index (χ3v) is 11.3. The Morgan fingerprint density at radius 1 is 1.21 bits per heavy atom. The number of alkyl carbamates (subject to hydrolysis) is 1. The number of amides is 1. The van der Waals surface area contributed by atoms with Crippen LogP contribution in [0.2, 0.25) is 5.02 Å². The number of nitrogens with one attached hydrogen (secondary N) is 2. The molecular weight excluding hydrogens is 630 g/mol. The number of carbonyl (C=O) groups excluding carboxylic acids is 1. The Balaban J connectivity index is 1.22. The number of aromatic amines is 1. The number of benzene rings is 1. The molecule has 6 atom stereocenters. The van der Waals surface area contributed by atoms with E-state index in [9.17, 15) is 9.18 Å². The second-order valence-electron chi connectivity index (χ2n) is 14.0. The quantitative estimate of drug-likeness (QED) is 0.292. The van der Waals surface area contributed by atoms with Gasteiger partial charge in [-0.05, 0) is 69.0 Å². The topological polar surface area (TPSA) is 121 Å². The molecule has 1 aromatic carbocycles. The minimum Gasteiger partial charge on any atom is -0.461 e. The highest BCUT2D eigenvalue weighted by Gasteiger charge is 2.49. The van der Waals surface area contributed by atoms with Crippen LogP contribution >= 0.6 is 11.6 Å². The van der Waals surface area contributed by atoms with Crippen LogP contribution in [0.25, 0.3) is 33.1 Å². The number of carbonyl (C=O) groups is 1. The van der Waals surface area contributed by atoms with Crippen LogP contribution in [-0.4, -0.2) is 92.8 Å². The van der Waals surface area contributed by atoms with Crippen LogP contribution in [0.4, 0.5) is 19.4 Å². The number of rotatable bonds is 3. The number of ether oxygens (including phenoxy) is 2. The molecule has 3 aromatic heterocycles. The van der Waals surface area contributed by atoms with Crippen molar-refractivity contribution in [2.24, 2.45) is 5.92 Å². The summed E-state index contributed by atoms with van der Waals surface area (Å²) < 4.78 is 43.6. The molecule has 10 rings (SSSR count). The maximum atomic E-state index is 17.1. The summed E-state index contributed by atoms with van der Waals surface area (Å²) >= 11 is 6.91. The zero-order valence-corrected chi connectivity index (χ0v) is 26.7. The standard InChI is InChI=1S/C33H35ClF2N8O3/c1-16-7-19-14-44(16)30-22-11-37-29(27(36)28(22)40-31(41-30)47-15-33-4-2-5-43(33)13-18(35)10-33)26-21-12-38-42-24(21)9-23(34)25(26)20-8-17(20)3-6-46-32(45)39-19/h9,11-12,16-20H,2-8,10,13-15H2,1H3,(H,38,42)(H,39,45)/t16-,17+,18-,19-,20-,33+/m1/s1. The van der Waals surface area contributed by atoms with Gasteiger partial charge in [0.25, 0.3) is 0 Å². The smallest absolute Gasteiger partial charge is 0.407 e. The van der Waals surface area contributed by atoms with E-state index in [1.165, 1.54) is 0 Å². The zero-order valence-electron chi connectivity index (χ0n) is 25.9. The molecular formula is C33H35ClF2N8O3. The Kier molecular flexibility index (Phi) is 6.76. The van der Waals surface area contributed by atoms with Gasteiger partial charge in [-0.15, -0.1) is 0 Å². The fraction of sp³-hybridized carbons (Fsp3) is 0.545. The number of aromatic nitrogens is 5. The van der Waals surface area contributed by atoms with Crippen LogP contribution in [0.5, 0.6) is 6.01 Å². The molecule has 47 heavy (non-hydrogen) atoms. The summed E-state index contributed by atoms with van der Waals surface area (Å²) in [6.07, 6.45) is 6.24. The molecule has 6 bridgehead atoms. The van der Waals surface area contributed by atoms with Crippen molar-refractivity contribution in [3.63, 3.8) is 0 Å². The minimum atomic E-state index is -0.909. The van der Waals surface area contributed by atoms with Gasteiger partial charge < -0.3 is 19.7 Å². The van der Waals surface area contributed by atoms with E-state index < -0.39 is 23.6 Å². The largest absolute Gasteiger partial charge is 0.461 e. The Hall–Kier alpha value is -3.84. The van der Waals surface area contributed by atoms with E-state index in [-0.39, 0.29) is 54.4 Å². The van der Waals surface area contributed by atoms with Crippen molar-refractivity contribution < 1.29 is 23.0 Å². The van der Waals surface area contributed by atoms with Crippen LogP contribution in [-0.2, 0) is 4.74 Å². The average molecular weight is 665 g/mol. The van der Waals surface area contributed by atoms with Gasteiger partial charge in [-0.2, -0.15) is 15.1 Å². The Bertz CT molecular complexity index is 1930. The molecule has 1 aliphatic carbocycles. The number of nitrogens with zero attached hydrogens (tertiary/aromatic N) is 6. The van der Waals surface area contributed by atoms with Crippen molar-refractivity contribution in [2.45, 2.75) is 75.2 Å². The molecule has 0 spiro atoms. The first-order valence-corrected chi connectivity index (χ1v) is 16.9. The van der Waals surface area contributed by atoms with Crippen LogP contribution in [0.15, 0.2) is 18.5 Å². The molecule has 3 saturated heterocycles. The molecule has 1 saturated carbocycles. The lowest BCUT2D eigenvalue weighted by Crippen LogP contribution is -2.43. The highest BCUT2D eigenvalue weighted by molar-refractivity contribution is 6.33. The molecule has 0 radical (unpaired) electrons. The molecule has 5 aliphatic heterocycles. The van der Waals surface area contributed by atoms with Gasteiger partial charge in [0.05, 0.1) is 35.3 Å². The van der Waals surface area contributed by atoms with E-state index in [4.69, 9.17) is 31.0 Å². The summed E-state index contributed by atoms with van der Waals surface area (Å²) in [5.74, 6) is 0.120. The van der Waals surface area contributed by atoms with Crippen molar-refractivity contribution in [3.8, 4) is 17.3 Å². The molecule has 4 fully saturated rings. The summed E-state index contributed by atoms with van der Waals surface area (Å²) in [5.41, 5.74) is 1.83. The maximum absolute atomic E-state index is 17.1. The van der Waals surface area contributed by atoms with Gasteiger partial charge in [-0.25, -0.2) is 13.6 Å². The fourth-order valence-electron chi connectivity index (χ4n) is 8.68. The number of halogens is 3. The minimum absolute atomic E-state index is 0.0232. The number of hydrogen-bond acceptors (Lipinski definition) is 9. The lowest BCUT2D eigenvalue weighted by Gasteiger charge is -2.31. The van der Waals surface area contributed by atoms with Crippen LogP contribution in [0, 0.1) is 11.7 Å². The highest BCUT2D eigenvalue weighted by atomic mass is 35.5. The Morgan fingerprint density at radius 2 is 2.11 bits per heavy atom. The van der Waals surface area contributed by atoms with Gasteiger partial charge in [0, 0.05) is 47.7 Å². The third kappa shape index (κ3) is 4.79. The summed E-state index contributed by atoms with van der Waals surface area (Å²) in [6, 6.07) is 1.60. The van der Waals surface area contributed by atoms with Crippen molar-refractivity contribution in [1.82, 2.24) is 35.4 Å². The highest BCUT2D eigenvalue weighted by Crippen LogP contribution is 2.56. The van der Waals surface area contributed by atoms with Gasteiger partial charge in [0.15, 0.2) is 5.82 Å². The maximum Gasteiger partial charge on any atom is 0.407 e. The number of H-pyrrole nitrogens is 1. The van der Waals surface area contributed by atoms with Gasteiger partial charge in [-0.1, -0.05) is 11.6 Å². The second-order valence-corrected chi connectivity index (χ2v) is 14.4. The predicted octanol–water partition coefficient (Wildman–Crippen LogP) is 5.52. The molecule has 2 N–H and O–H groups in total. The molecule has 0 unspecified atom stereocenters. The lowest BCUT2D eigenvalue weighted by molar-refractivity contribution is 0.107. The first-order chi connectivity index (χ1) is 22.8. The average Bonchev–Trinajstić information content (AvgIpc) is 3.34. The third-order valence-electron chi connectivity index (χ3n) is 11.0. The molecule has 1 amide bonds. The monoisotopic (exact) mass is 664 g/mol. The first-order valence-electron chi connectivity index (χ1n) is 16.5. The number of alkyl halides is 1. The van der Waals surface area contributed by atoms with E-state index >= 15 is 4.39 Å². The summed E-state index contributed by atoms with van der Waals surface area (Å²) in [4.78, 5) is 31.2. The van der Waals surface area contributed by atoms with E-state index in [0.717, 1.165) is 31.4 Å². The van der Waals surface area contributed by atoms with Crippen LogP contribution < -0.4 is 15.0 Å². The normalized spacial score (nSPS) is 30.3. The van der Waals surface area contributed by atoms with Crippen molar-refractivity contribution >= 4 is 45.3 Å². The summed E-state index contributed by atoms with van der Waals surface area (Å²) in [7, 11) is 0. The number of anilines is 1. The Morgan fingerprint density at radius 3 is 3.00 bits per heavy atom. The van der Waals surface area contributed by atoms with Crippen molar-refractivity contribution in [2.75, 3.05) is 37.7 Å². The summed E-state index contributed by atoms with van der Waals surface area (Å²) in [6.45, 7) is 4.17. The summed E-state index contributed by atoms with van der Waals surface area (Å²) in [5, 5.41) is 11.8. The number of hydrogen-bond donors (Lipinski definition) is 2. The fourth-order valence-corrected chi connectivity index (χ4v) is 9.03. The van der Waals surface area contributed by atoms with Gasteiger partial charge in [-0.3, -0.25) is 15.0 Å². The second kappa shape index (κ2) is 10.8. The predicted molar refractivity (Wildman–Crippen MR) is 171 cm³/mol. The molecule has 4 aromatic rings. The molecule has 6 aliphatic rings. The molecule has 14 heteroatoms. The van der Waals surface area contributed by atoms with Crippen molar-refractivity contribution in [1.29, 1.82) is 0 Å². The SMILES string of the molecule is C[C@@H]1C[C@@H]2CN1c1nc(OC[C@@]34CCCN3C[C@H](F)C4)nc3c(F)c(ncc13)-c1c(c(Cl)cc3[nH]ncc13)[C@@H]1C[C@@H]1CCOC(=O)N2. The van der Waals surface area contributed by atoms with Gasteiger partial charge >= 0.3 is 12.1 Å². The number of pyridine rings is 1. The first kappa shape index (κ1) is 29.3. The van der Waals surface area contributed by atoms with Crippen molar-refractivity contribution in [3.05, 3.63) is 34.9 Å². The van der Waals surface area contributed by atoms with E-state index in [1.807, 2.05) is 17.9 Å². The molecule has 8 heterocycles. The van der Waals surface area contributed by atoms with E-state index in [0.29, 0.717) is 65.0 Å². The van der Waals surface area contributed by atoms with E-state index in [1.54, 1.807) is 12.4 Å². The zero-order chi connectivity index (χ0) is 32.0. The molecule has 246 valence electrons. The Labute approximate surface area is 274 Å².